The van der Waals surface area contributed by atoms with E-state index in [1.807, 2.05) is 28.5 Å². The molecule has 4 heterocycles. The van der Waals surface area contributed by atoms with Gasteiger partial charge in [-0.25, -0.2) is 9.50 Å². The number of hydrogen-bond donors (Lipinski definition) is 2. The molecule has 0 bridgehead atoms. The number of rotatable bonds is 7. The van der Waals surface area contributed by atoms with E-state index in [2.05, 4.69) is 27.7 Å². The molecular weight excluding hydrogens is 396 g/mol. The number of nitrogens with zero attached hydrogens (tertiary/aromatic N) is 5. The van der Waals surface area contributed by atoms with Gasteiger partial charge in [0.15, 0.2) is 0 Å². The van der Waals surface area contributed by atoms with E-state index in [1.165, 1.54) is 5.69 Å². The molecule has 166 valence electrons. The Hall–Kier alpha value is -2.49. The van der Waals surface area contributed by atoms with Gasteiger partial charge in [-0.3, -0.25) is 4.68 Å². The lowest BCUT2D eigenvalue weighted by Gasteiger charge is -2.25. The highest BCUT2D eigenvalue weighted by atomic mass is 16.5. The Morgan fingerprint density at radius 1 is 1.26 bits per heavy atom. The molecule has 3 aromatic heterocycles. The Balaban J connectivity index is 1.53. The zero-order valence-corrected chi connectivity index (χ0v) is 18.1. The molecule has 2 N–H and O–H groups in total. The fourth-order valence-corrected chi connectivity index (χ4v) is 4.54. The smallest absolute Gasteiger partial charge is 0.241 e. The third kappa shape index (κ3) is 4.05. The van der Waals surface area contributed by atoms with Gasteiger partial charge in [0.05, 0.1) is 49.9 Å². The average Bonchev–Trinajstić information content (AvgIpc) is 3.32. The maximum Gasteiger partial charge on any atom is 0.241 e. The molecule has 9 nitrogen and oxygen atoms in total. The van der Waals surface area contributed by atoms with Gasteiger partial charge in [-0.15, -0.1) is 5.10 Å². The van der Waals surface area contributed by atoms with Crippen LogP contribution in [0.15, 0.2) is 24.7 Å². The van der Waals surface area contributed by atoms with Gasteiger partial charge in [0.1, 0.15) is 0 Å². The quantitative estimate of drug-likeness (QED) is 0.599. The zero-order chi connectivity index (χ0) is 21.4. The molecule has 0 radical (unpaired) electrons. The van der Waals surface area contributed by atoms with E-state index in [-0.39, 0.29) is 12.1 Å². The highest BCUT2D eigenvalue weighted by Crippen LogP contribution is 2.37. The number of aliphatic hydroxyl groups excluding tert-OH is 1. The number of nitrogens with one attached hydrogen (secondary N) is 1. The highest BCUT2D eigenvalue weighted by molar-refractivity contribution is 5.81. The molecule has 2 fully saturated rings. The lowest BCUT2D eigenvalue weighted by atomic mass is 9.85. The molecule has 1 aliphatic carbocycles. The van der Waals surface area contributed by atoms with Crippen LogP contribution in [0.1, 0.15) is 50.3 Å². The Morgan fingerprint density at radius 2 is 2.06 bits per heavy atom. The maximum atomic E-state index is 9.97. The summed E-state index contributed by atoms with van der Waals surface area (Å²) in [7, 11) is 1.69. The number of hydrogen-bond acceptors (Lipinski definition) is 7. The predicted molar refractivity (Wildman–Crippen MR) is 116 cm³/mol. The van der Waals surface area contributed by atoms with Gasteiger partial charge in [0.2, 0.25) is 5.95 Å². The predicted octanol–water partition coefficient (Wildman–Crippen LogP) is 2.63. The van der Waals surface area contributed by atoms with Crippen LogP contribution < -0.4 is 5.32 Å². The molecule has 2 aliphatic rings. The molecule has 9 heteroatoms. The van der Waals surface area contributed by atoms with Crippen molar-refractivity contribution in [2.45, 2.75) is 56.7 Å². The number of methoxy groups -OCH3 is 1. The SMILES string of the molecule is COC[C@H](C)Nc1ncc2c(-c3cnn(C4COC4)c3)cc(C3CCC(O)CC3)n2n1. The summed E-state index contributed by atoms with van der Waals surface area (Å²) >= 11 is 0. The van der Waals surface area contributed by atoms with Gasteiger partial charge in [-0.1, -0.05) is 0 Å². The number of ether oxygens (including phenoxy) is 2. The molecule has 0 unspecified atom stereocenters. The van der Waals surface area contributed by atoms with Crippen molar-refractivity contribution in [3.63, 3.8) is 0 Å². The summed E-state index contributed by atoms with van der Waals surface area (Å²) < 4.78 is 14.5. The summed E-state index contributed by atoms with van der Waals surface area (Å²) in [4.78, 5) is 4.57. The lowest BCUT2D eigenvalue weighted by molar-refractivity contribution is -0.0286. The molecule has 1 saturated heterocycles. The zero-order valence-electron chi connectivity index (χ0n) is 18.1. The highest BCUT2D eigenvalue weighted by Gasteiger charge is 2.27. The molecule has 1 saturated carbocycles. The Bertz CT molecular complexity index is 1040. The summed E-state index contributed by atoms with van der Waals surface area (Å²) in [5, 5.41) is 22.7. The topological polar surface area (TPSA) is 98.7 Å². The summed E-state index contributed by atoms with van der Waals surface area (Å²) in [6.07, 6.45) is 9.26. The van der Waals surface area contributed by atoms with Crippen molar-refractivity contribution in [2.24, 2.45) is 0 Å². The Labute approximate surface area is 181 Å². The normalized spacial score (nSPS) is 23.1. The van der Waals surface area contributed by atoms with E-state index in [0.29, 0.717) is 37.7 Å². The van der Waals surface area contributed by atoms with Gasteiger partial charge >= 0.3 is 0 Å². The van der Waals surface area contributed by atoms with Crippen LogP contribution in [0, 0.1) is 0 Å². The Morgan fingerprint density at radius 3 is 2.77 bits per heavy atom. The van der Waals surface area contributed by atoms with Gasteiger partial charge < -0.3 is 19.9 Å². The first kappa shape index (κ1) is 20.4. The molecule has 0 aromatic carbocycles. The molecule has 0 spiro atoms. The van der Waals surface area contributed by atoms with E-state index >= 15 is 0 Å². The van der Waals surface area contributed by atoms with Crippen LogP contribution in [-0.2, 0) is 9.47 Å². The first-order valence-electron chi connectivity index (χ1n) is 11.1. The first-order chi connectivity index (χ1) is 15.1. The first-order valence-corrected chi connectivity index (χ1v) is 11.1. The minimum atomic E-state index is -0.188. The van der Waals surface area contributed by atoms with Gasteiger partial charge in [0.25, 0.3) is 0 Å². The molecule has 3 aromatic rings. The van der Waals surface area contributed by atoms with Crippen LogP contribution in [0.3, 0.4) is 0 Å². The standard InChI is InChI=1S/C22H30N6O3/c1-14(11-30-2)25-22-23-9-21-19(16-8-24-27(10-16)17-12-31-13-17)7-20(28(21)26-22)15-3-5-18(29)6-4-15/h7-10,14-15,17-18,29H,3-6,11-13H2,1-2H3,(H,25,26)/t14-,15?,18?/m0/s1. The van der Waals surface area contributed by atoms with Gasteiger partial charge in [-0.05, 0) is 38.7 Å². The fraction of sp³-hybridized carbons (Fsp3) is 0.591. The van der Waals surface area contributed by atoms with Crippen LogP contribution in [0.4, 0.5) is 5.95 Å². The summed E-state index contributed by atoms with van der Waals surface area (Å²) in [5.41, 5.74) is 4.28. The molecule has 1 atom stereocenters. The second kappa shape index (κ2) is 8.57. The van der Waals surface area contributed by atoms with Crippen molar-refractivity contribution < 1.29 is 14.6 Å². The Kier molecular flexibility index (Phi) is 5.64. The minimum absolute atomic E-state index is 0.105. The second-order valence-corrected chi connectivity index (χ2v) is 8.77. The van der Waals surface area contributed by atoms with Crippen LogP contribution in [0.2, 0.25) is 0 Å². The summed E-state index contributed by atoms with van der Waals surface area (Å²) in [6.45, 7) is 4.05. The van der Waals surface area contributed by atoms with Crippen molar-refractivity contribution in [3.8, 4) is 11.1 Å². The van der Waals surface area contributed by atoms with E-state index in [9.17, 15) is 5.11 Å². The fourth-order valence-electron chi connectivity index (χ4n) is 4.54. The maximum absolute atomic E-state index is 9.97. The summed E-state index contributed by atoms with van der Waals surface area (Å²) in [5.74, 6) is 0.942. The van der Waals surface area contributed by atoms with Crippen LogP contribution >= 0.6 is 0 Å². The van der Waals surface area contributed by atoms with Crippen molar-refractivity contribution in [3.05, 3.63) is 30.4 Å². The third-order valence-electron chi connectivity index (χ3n) is 6.36. The van der Waals surface area contributed by atoms with Crippen molar-refractivity contribution >= 4 is 11.5 Å². The van der Waals surface area contributed by atoms with Crippen LogP contribution in [0.25, 0.3) is 16.6 Å². The number of fused-ring (bicyclic) bond motifs is 1. The minimum Gasteiger partial charge on any atom is -0.393 e. The summed E-state index contributed by atoms with van der Waals surface area (Å²) in [6, 6.07) is 2.65. The van der Waals surface area contributed by atoms with Crippen molar-refractivity contribution in [1.82, 2.24) is 24.4 Å². The van der Waals surface area contributed by atoms with E-state index in [4.69, 9.17) is 14.6 Å². The van der Waals surface area contributed by atoms with Crippen LogP contribution in [-0.4, -0.2) is 68.6 Å². The van der Waals surface area contributed by atoms with Crippen molar-refractivity contribution in [2.75, 3.05) is 32.2 Å². The number of aliphatic hydroxyl groups is 1. The van der Waals surface area contributed by atoms with E-state index in [0.717, 1.165) is 42.3 Å². The van der Waals surface area contributed by atoms with E-state index < -0.39 is 0 Å². The number of aromatic nitrogens is 5. The second-order valence-electron chi connectivity index (χ2n) is 8.77. The molecular formula is C22H30N6O3. The monoisotopic (exact) mass is 426 g/mol. The van der Waals surface area contributed by atoms with Gasteiger partial charge in [0, 0.05) is 42.1 Å². The van der Waals surface area contributed by atoms with Crippen molar-refractivity contribution in [1.29, 1.82) is 0 Å². The number of anilines is 1. The molecule has 5 rings (SSSR count). The third-order valence-corrected chi connectivity index (χ3v) is 6.36. The lowest BCUT2D eigenvalue weighted by Crippen LogP contribution is -2.30. The largest absolute Gasteiger partial charge is 0.393 e. The van der Waals surface area contributed by atoms with E-state index in [1.54, 1.807) is 7.11 Å². The molecule has 1 aliphatic heterocycles. The van der Waals surface area contributed by atoms with Gasteiger partial charge in [-0.2, -0.15) is 5.10 Å². The average molecular weight is 427 g/mol. The van der Waals surface area contributed by atoms with Crippen LogP contribution in [0.5, 0.6) is 0 Å². The molecule has 0 amide bonds. The molecule has 31 heavy (non-hydrogen) atoms.